The average molecular weight is 418 g/mol. The summed E-state index contributed by atoms with van der Waals surface area (Å²) in [7, 11) is 0. The van der Waals surface area contributed by atoms with Gasteiger partial charge in [-0.15, -0.1) is 0 Å². The van der Waals surface area contributed by atoms with E-state index in [9.17, 15) is 4.79 Å². The first-order chi connectivity index (χ1) is 15.1. The maximum absolute atomic E-state index is 12.4. The highest BCUT2D eigenvalue weighted by atomic mass is 16.5. The molecule has 1 aliphatic heterocycles. The van der Waals surface area contributed by atoms with Gasteiger partial charge in [0.25, 0.3) is 5.91 Å². The van der Waals surface area contributed by atoms with E-state index in [4.69, 9.17) is 21.3 Å². The fourth-order valence-electron chi connectivity index (χ4n) is 4.71. The zero-order valence-corrected chi connectivity index (χ0v) is 17.4. The molecule has 1 aromatic heterocycles. The first-order valence-corrected chi connectivity index (χ1v) is 10.9. The van der Waals surface area contributed by atoms with Crippen molar-refractivity contribution in [1.82, 2.24) is 9.78 Å². The molecule has 1 unspecified atom stereocenters. The molecule has 2 aliphatic rings. The van der Waals surface area contributed by atoms with E-state index >= 15 is 0 Å². The average Bonchev–Trinajstić information content (AvgIpc) is 3.42. The zero-order valence-electron chi connectivity index (χ0n) is 17.4. The summed E-state index contributed by atoms with van der Waals surface area (Å²) in [4.78, 5) is 12.4. The van der Waals surface area contributed by atoms with Crippen molar-refractivity contribution in [2.75, 3.05) is 17.6 Å². The second-order valence-corrected chi connectivity index (χ2v) is 8.29. The van der Waals surface area contributed by atoms with Crippen LogP contribution >= 0.6 is 0 Å². The molecule has 0 radical (unpaired) electrons. The number of nitrogens with zero attached hydrogens (tertiary/aromatic N) is 2. The van der Waals surface area contributed by atoms with Crippen LogP contribution < -0.4 is 21.5 Å². The van der Waals surface area contributed by atoms with Crippen molar-refractivity contribution in [3.63, 3.8) is 0 Å². The first-order valence-electron chi connectivity index (χ1n) is 10.9. The van der Waals surface area contributed by atoms with Crippen molar-refractivity contribution in [1.29, 1.82) is 0 Å². The number of rotatable bonds is 5. The summed E-state index contributed by atoms with van der Waals surface area (Å²) in [5.74, 6) is 0.985. The summed E-state index contributed by atoms with van der Waals surface area (Å²) in [6.45, 7) is 0.707. The van der Waals surface area contributed by atoms with E-state index < -0.39 is 5.91 Å². The summed E-state index contributed by atoms with van der Waals surface area (Å²) >= 11 is 0. The number of nitrogen functional groups attached to an aromatic ring is 1. The van der Waals surface area contributed by atoms with Gasteiger partial charge in [0.15, 0.2) is 0 Å². The van der Waals surface area contributed by atoms with Gasteiger partial charge in [-0.25, -0.2) is 4.68 Å². The molecule has 2 aromatic carbocycles. The Balaban J connectivity index is 1.52. The first kappa shape index (κ1) is 19.5. The molecular formula is C24H27N5O2. The van der Waals surface area contributed by atoms with E-state index in [1.165, 1.54) is 12.8 Å². The standard InChI is InChI=1S/C24H27N5O2/c25-19-8-4-3-7-18(19)20-13-14-27-24-21(23(26)30)22(28-29(20)24)15-9-11-17(12-10-15)31-16-5-1-2-6-16/h3-4,7-12,16,20,27H,1-2,5-6,13-14,25H2,(H2,26,30). The summed E-state index contributed by atoms with van der Waals surface area (Å²) < 4.78 is 7.92. The van der Waals surface area contributed by atoms with Gasteiger partial charge < -0.3 is 21.5 Å². The molecule has 1 fully saturated rings. The van der Waals surface area contributed by atoms with Crippen molar-refractivity contribution < 1.29 is 9.53 Å². The second kappa shape index (κ2) is 7.98. The number of benzene rings is 2. The van der Waals surface area contributed by atoms with Gasteiger partial charge in [-0.05, 0) is 68.0 Å². The second-order valence-electron chi connectivity index (χ2n) is 8.29. The van der Waals surface area contributed by atoms with Gasteiger partial charge in [0, 0.05) is 17.8 Å². The number of fused-ring (bicyclic) bond motifs is 1. The van der Waals surface area contributed by atoms with Crippen LogP contribution in [0.4, 0.5) is 11.5 Å². The normalized spacial score (nSPS) is 18.4. The summed E-state index contributed by atoms with van der Waals surface area (Å²) in [5.41, 5.74) is 15.6. The number of hydrogen-bond donors (Lipinski definition) is 3. The largest absolute Gasteiger partial charge is 0.490 e. The van der Waals surface area contributed by atoms with Crippen LogP contribution in [-0.4, -0.2) is 28.3 Å². The maximum Gasteiger partial charge on any atom is 0.254 e. The predicted molar refractivity (Wildman–Crippen MR) is 121 cm³/mol. The molecule has 7 heteroatoms. The molecule has 1 aliphatic carbocycles. The number of anilines is 2. The smallest absolute Gasteiger partial charge is 0.254 e. The van der Waals surface area contributed by atoms with Gasteiger partial charge in [0.05, 0.1) is 12.1 Å². The molecule has 7 nitrogen and oxygen atoms in total. The number of aromatic nitrogens is 2. The molecule has 5 rings (SSSR count). The predicted octanol–water partition coefficient (Wildman–Crippen LogP) is 3.96. The zero-order chi connectivity index (χ0) is 21.4. The van der Waals surface area contributed by atoms with Crippen LogP contribution in [0.5, 0.6) is 5.75 Å². The van der Waals surface area contributed by atoms with Crippen molar-refractivity contribution in [3.8, 4) is 17.0 Å². The van der Waals surface area contributed by atoms with Gasteiger partial charge in [-0.2, -0.15) is 5.10 Å². The van der Waals surface area contributed by atoms with Crippen LogP contribution in [0.2, 0.25) is 0 Å². The Morgan fingerprint density at radius 3 is 2.52 bits per heavy atom. The van der Waals surface area contributed by atoms with E-state index in [0.29, 0.717) is 35.4 Å². The lowest BCUT2D eigenvalue weighted by Crippen LogP contribution is -2.26. The van der Waals surface area contributed by atoms with Gasteiger partial charge in [-0.1, -0.05) is 18.2 Å². The molecule has 3 aromatic rings. The van der Waals surface area contributed by atoms with Crippen molar-refractivity contribution in [2.45, 2.75) is 44.2 Å². The Bertz CT molecular complexity index is 1100. The Morgan fingerprint density at radius 2 is 1.81 bits per heavy atom. The molecule has 0 saturated heterocycles. The molecule has 31 heavy (non-hydrogen) atoms. The number of ether oxygens (including phenoxy) is 1. The number of amides is 1. The van der Waals surface area contributed by atoms with Crippen molar-refractivity contribution in [3.05, 3.63) is 59.7 Å². The Hall–Kier alpha value is -3.48. The van der Waals surface area contributed by atoms with Crippen LogP contribution in [0.15, 0.2) is 48.5 Å². The summed E-state index contributed by atoms with van der Waals surface area (Å²) in [6.07, 6.45) is 5.78. The van der Waals surface area contributed by atoms with E-state index in [1.54, 1.807) is 0 Å². The molecule has 0 bridgehead atoms. The van der Waals surface area contributed by atoms with E-state index in [2.05, 4.69) is 5.32 Å². The topological polar surface area (TPSA) is 108 Å². The lowest BCUT2D eigenvalue weighted by Gasteiger charge is -2.27. The molecular weight excluding hydrogens is 390 g/mol. The SMILES string of the molecule is NC(=O)c1c(-c2ccc(OC3CCCC3)cc2)nn2c1NCCC2c1ccccc1N. The number of carbonyl (C=O) groups excluding carboxylic acids is 1. The van der Waals surface area contributed by atoms with Crippen LogP contribution in [-0.2, 0) is 0 Å². The van der Waals surface area contributed by atoms with Gasteiger partial charge in [-0.3, -0.25) is 4.79 Å². The lowest BCUT2D eigenvalue weighted by atomic mass is 10.00. The number of hydrogen-bond acceptors (Lipinski definition) is 5. The third-order valence-electron chi connectivity index (χ3n) is 6.25. The van der Waals surface area contributed by atoms with Crippen LogP contribution in [0.1, 0.15) is 54.1 Å². The van der Waals surface area contributed by atoms with Gasteiger partial charge in [0.1, 0.15) is 22.8 Å². The number of nitrogens with two attached hydrogens (primary N) is 2. The summed E-state index contributed by atoms with van der Waals surface area (Å²) in [6, 6.07) is 15.5. The molecule has 2 heterocycles. The van der Waals surface area contributed by atoms with Crippen molar-refractivity contribution >= 4 is 17.4 Å². The fraction of sp³-hybridized carbons (Fsp3) is 0.333. The highest BCUT2D eigenvalue weighted by Gasteiger charge is 2.31. The molecule has 160 valence electrons. The molecule has 0 spiro atoms. The van der Waals surface area contributed by atoms with Crippen LogP contribution in [0.25, 0.3) is 11.3 Å². The van der Waals surface area contributed by atoms with E-state index in [1.807, 2.05) is 53.2 Å². The van der Waals surface area contributed by atoms with Gasteiger partial charge in [0.2, 0.25) is 0 Å². The Labute approximate surface area is 181 Å². The molecule has 5 N–H and O–H groups in total. The minimum Gasteiger partial charge on any atom is -0.490 e. The highest BCUT2D eigenvalue weighted by molar-refractivity contribution is 6.04. The maximum atomic E-state index is 12.4. The Kier molecular flexibility index (Phi) is 5.02. The van der Waals surface area contributed by atoms with Gasteiger partial charge >= 0.3 is 0 Å². The van der Waals surface area contributed by atoms with Crippen LogP contribution in [0, 0.1) is 0 Å². The van der Waals surface area contributed by atoms with Crippen molar-refractivity contribution in [2.24, 2.45) is 5.73 Å². The molecule has 1 amide bonds. The third kappa shape index (κ3) is 3.60. The molecule has 1 saturated carbocycles. The number of carbonyl (C=O) groups is 1. The minimum atomic E-state index is -0.503. The lowest BCUT2D eigenvalue weighted by molar-refractivity contribution is 0.100. The third-order valence-corrected chi connectivity index (χ3v) is 6.25. The summed E-state index contributed by atoms with van der Waals surface area (Å²) in [5, 5.41) is 8.15. The van der Waals surface area contributed by atoms with E-state index in [-0.39, 0.29) is 6.04 Å². The number of para-hydroxylation sites is 1. The fourth-order valence-corrected chi connectivity index (χ4v) is 4.71. The molecule has 1 atom stereocenters. The van der Waals surface area contributed by atoms with E-state index in [0.717, 1.165) is 36.1 Å². The number of primary amides is 1. The highest BCUT2D eigenvalue weighted by Crippen LogP contribution is 2.38. The minimum absolute atomic E-state index is 0.0609. The van der Waals surface area contributed by atoms with Crippen LogP contribution in [0.3, 0.4) is 0 Å². The monoisotopic (exact) mass is 417 g/mol. The quantitative estimate of drug-likeness (QED) is 0.545. The Morgan fingerprint density at radius 1 is 1.06 bits per heavy atom. The number of nitrogens with one attached hydrogen (secondary N) is 1.